The standard InChI is InChI=1S/C14H16ClN3O/c1-16-9-11-5-4-8-18(11)10-14(19)17-13-7-3-2-6-12(13)15/h2-8,16H,9-10H2,1H3,(H,17,19). The van der Waals surface area contributed by atoms with Crippen LogP contribution in [0.15, 0.2) is 42.6 Å². The van der Waals surface area contributed by atoms with Crippen LogP contribution in [-0.4, -0.2) is 17.5 Å². The highest BCUT2D eigenvalue weighted by Gasteiger charge is 2.08. The first-order chi connectivity index (χ1) is 9.20. The average Bonchev–Trinajstić information content (AvgIpc) is 2.80. The number of rotatable bonds is 5. The molecule has 1 amide bonds. The summed E-state index contributed by atoms with van der Waals surface area (Å²) in [5.74, 6) is -0.0957. The van der Waals surface area contributed by atoms with Gasteiger partial charge in [0.1, 0.15) is 6.54 Å². The maximum atomic E-state index is 12.0. The van der Waals surface area contributed by atoms with Gasteiger partial charge < -0.3 is 15.2 Å². The number of aromatic nitrogens is 1. The minimum Gasteiger partial charge on any atom is -0.341 e. The molecular weight excluding hydrogens is 262 g/mol. The Morgan fingerprint density at radius 1 is 1.26 bits per heavy atom. The Morgan fingerprint density at radius 3 is 2.79 bits per heavy atom. The van der Waals surface area contributed by atoms with Gasteiger partial charge in [0, 0.05) is 18.4 Å². The second-order valence-electron chi connectivity index (χ2n) is 4.19. The predicted octanol–water partition coefficient (Wildman–Crippen LogP) is 2.50. The summed E-state index contributed by atoms with van der Waals surface area (Å²) in [6.45, 7) is 1.00. The van der Waals surface area contributed by atoms with Crippen LogP contribution in [0.3, 0.4) is 0 Å². The van der Waals surface area contributed by atoms with Crippen LogP contribution in [-0.2, 0) is 17.9 Å². The molecule has 0 aliphatic heterocycles. The molecule has 0 fully saturated rings. The third-order valence-corrected chi connectivity index (χ3v) is 3.07. The van der Waals surface area contributed by atoms with Crippen molar-refractivity contribution in [1.82, 2.24) is 9.88 Å². The Balaban J connectivity index is 2.02. The molecule has 2 rings (SSSR count). The first-order valence-electron chi connectivity index (χ1n) is 6.03. The van der Waals surface area contributed by atoms with Crippen molar-refractivity contribution in [1.29, 1.82) is 0 Å². The van der Waals surface area contributed by atoms with Crippen LogP contribution in [0.1, 0.15) is 5.69 Å². The average molecular weight is 278 g/mol. The van der Waals surface area contributed by atoms with E-state index in [0.717, 1.165) is 12.2 Å². The van der Waals surface area contributed by atoms with E-state index in [9.17, 15) is 4.79 Å². The highest BCUT2D eigenvalue weighted by Crippen LogP contribution is 2.20. The lowest BCUT2D eigenvalue weighted by molar-refractivity contribution is -0.116. The molecule has 0 spiro atoms. The van der Waals surface area contributed by atoms with E-state index in [1.54, 1.807) is 12.1 Å². The Labute approximate surface area is 117 Å². The van der Waals surface area contributed by atoms with Gasteiger partial charge in [0.05, 0.1) is 10.7 Å². The van der Waals surface area contributed by atoms with Crippen molar-refractivity contribution >= 4 is 23.2 Å². The molecule has 2 aromatic rings. The second kappa shape index (κ2) is 6.41. The van der Waals surface area contributed by atoms with E-state index in [0.29, 0.717) is 10.7 Å². The lowest BCUT2D eigenvalue weighted by Crippen LogP contribution is -2.21. The highest BCUT2D eigenvalue weighted by atomic mass is 35.5. The molecule has 19 heavy (non-hydrogen) atoms. The van der Waals surface area contributed by atoms with Gasteiger partial charge in [-0.3, -0.25) is 4.79 Å². The van der Waals surface area contributed by atoms with Crippen molar-refractivity contribution < 1.29 is 4.79 Å². The molecule has 100 valence electrons. The molecule has 0 atom stereocenters. The van der Waals surface area contributed by atoms with Gasteiger partial charge in [-0.25, -0.2) is 0 Å². The molecule has 2 N–H and O–H groups in total. The van der Waals surface area contributed by atoms with Crippen molar-refractivity contribution in [2.45, 2.75) is 13.1 Å². The van der Waals surface area contributed by atoms with Gasteiger partial charge in [-0.1, -0.05) is 23.7 Å². The maximum absolute atomic E-state index is 12.0. The van der Waals surface area contributed by atoms with E-state index in [4.69, 9.17) is 11.6 Å². The first-order valence-corrected chi connectivity index (χ1v) is 6.41. The van der Waals surface area contributed by atoms with E-state index in [2.05, 4.69) is 10.6 Å². The number of para-hydroxylation sites is 1. The molecule has 0 aliphatic rings. The fraction of sp³-hybridized carbons (Fsp3) is 0.214. The van der Waals surface area contributed by atoms with E-state index in [1.807, 2.05) is 42.1 Å². The van der Waals surface area contributed by atoms with Crippen LogP contribution >= 0.6 is 11.6 Å². The highest BCUT2D eigenvalue weighted by molar-refractivity contribution is 6.33. The summed E-state index contributed by atoms with van der Waals surface area (Å²) < 4.78 is 1.91. The van der Waals surface area contributed by atoms with Gasteiger partial charge in [0.2, 0.25) is 5.91 Å². The van der Waals surface area contributed by atoms with Crippen LogP contribution in [0.2, 0.25) is 5.02 Å². The van der Waals surface area contributed by atoms with E-state index < -0.39 is 0 Å². The van der Waals surface area contributed by atoms with E-state index >= 15 is 0 Å². The second-order valence-corrected chi connectivity index (χ2v) is 4.59. The zero-order valence-corrected chi connectivity index (χ0v) is 11.4. The number of nitrogens with zero attached hydrogens (tertiary/aromatic N) is 1. The van der Waals surface area contributed by atoms with Gasteiger partial charge in [-0.05, 0) is 31.3 Å². The minimum atomic E-state index is -0.0957. The number of amides is 1. The van der Waals surface area contributed by atoms with Crippen LogP contribution in [0.25, 0.3) is 0 Å². The first kappa shape index (κ1) is 13.6. The van der Waals surface area contributed by atoms with Crippen LogP contribution < -0.4 is 10.6 Å². The van der Waals surface area contributed by atoms with Crippen molar-refractivity contribution in [3.8, 4) is 0 Å². The van der Waals surface area contributed by atoms with Gasteiger partial charge in [0.15, 0.2) is 0 Å². The number of anilines is 1. The summed E-state index contributed by atoms with van der Waals surface area (Å²) in [6.07, 6.45) is 1.89. The molecule has 1 heterocycles. The third kappa shape index (κ3) is 3.59. The van der Waals surface area contributed by atoms with Crippen LogP contribution in [0.5, 0.6) is 0 Å². The number of carbonyl (C=O) groups is 1. The van der Waals surface area contributed by atoms with E-state index in [1.165, 1.54) is 0 Å². The Bertz CT molecular complexity index is 565. The smallest absolute Gasteiger partial charge is 0.244 e. The summed E-state index contributed by atoms with van der Waals surface area (Å²) in [5.41, 5.74) is 1.70. The molecule has 1 aromatic carbocycles. The van der Waals surface area contributed by atoms with Crippen molar-refractivity contribution in [2.75, 3.05) is 12.4 Å². The topological polar surface area (TPSA) is 46.1 Å². The minimum absolute atomic E-state index is 0.0957. The van der Waals surface area contributed by atoms with Crippen LogP contribution in [0.4, 0.5) is 5.69 Å². The number of hydrogen-bond donors (Lipinski definition) is 2. The number of halogens is 1. The number of benzene rings is 1. The normalized spacial score (nSPS) is 10.4. The van der Waals surface area contributed by atoms with Gasteiger partial charge >= 0.3 is 0 Å². The number of carbonyl (C=O) groups excluding carboxylic acids is 1. The molecule has 0 saturated carbocycles. The fourth-order valence-electron chi connectivity index (χ4n) is 1.85. The predicted molar refractivity (Wildman–Crippen MR) is 77.3 cm³/mol. The number of hydrogen-bond acceptors (Lipinski definition) is 2. The summed E-state index contributed by atoms with van der Waals surface area (Å²) in [6, 6.07) is 11.1. The Hall–Kier alpha value is -1.78. The zero-order chi connectivity index (χ0) is 13.7. The number of nitrogens with one attached hydrogen (secondary N) is 2. The molecule has 4 nitrogen and oxygen atoms in total. The van der Waals surface area contributed by atoms with Crippen molar-refractivity contribution in [2.24, 2.45) is 0 Å². The Kier molecular flexibility index (Phi) is 4.60. The Morgan fingerprint density at radius 2 is 2.05 bits per heavy atom. The zero-order valence-electron chi connectivity index (χ0n) is 10.7. The summed E-state index contributed by atoms with van der Waals surface area (Å²) >= 11 is 6.00. The van der Waals surface area contributed by atoms with Crippen molar-refractivity contribution in [3.05, 3.63) is 53.3 Å². The quantitative estimate of drug-likeness (QED) is 0.882. The summed E-state index contributed by atoms with van der Waals surface area (Å²) in [5, 5.41) is 6.42. The molecule has 0 aliphatic carbocycles. The SMILES string of the molecule is CNCc1cccn1CC(=O)Nc1ccccc1Cl. The van der Waals surface area contributed by atoms with Gasteiger partial charge in [0.25, 0.3) is 0 Å². The molecule has 5 heteroatoms. The fourth-order valence-corrected chi connectivity index (χ4v) is 2.04. The molecule has 0 saturated heterocycles. The molecule has 0 radical (unpaired) electrons. The summed E-state index contributed by atoms with van der Waals surface area (Å²) in [7, 11) is 1.88. The molecule has 0 unspecified atom stereocenters. The molecule has 0 bridgehead atoms. The maximum Gasteiger partial charge on any atom is 0.244 e. The monoisotopic (exact) mass is 277 g/mol. The van der Waals surface area contributed by atoms with Gasteiger partial charge in [-0.2, -0.15) is 0 Å². The largest absolute Gasteiger partial charge is 0.341 e. The van der Waals surface area contributed by atoms with Crippen LogP contribution in [0, 0.1) is 0 Å². The lowest BCUT2D eigenvalue weighted by Gasteiger charge is -2.10. The lowest BCUT2D eigenvalue weighted by atomic mass is 10.3. The molecule has 1 aromatic heterocycles. The van der Waals surface area contributed by atoms with Gasteiger partial charge in [-0.15, -0.1) is 0 Å². The third-order valence-electron chi connectivity index (χ3n) is 2.74. The summed E-state index contributed by atoms with van der Waals surface area (Å²) in [4.78, 5) is 12.0. The van der Waals surface area contributed by atoms with Crippen molar-refractivity contribution in [3.63, 3.8) is 0 Å². The molecular formula is C14H16ClN3O. The van der Waals surface area contributed by atoms with E-state index in [-0.39, 0.29) is 12.5 Å².